The minimum atomic E-state index is 0.0908. The summed E-state index contributed by atoms with van der Waals surface area (Å²) < 4.78 is 1.75. The van der Waals surface area contributed by atoms with Gasteiger partial charge in [0.1, 0.15) is 0 Å². The molecule has 0 bridgehead atoms. The summed E-state index contributed by atoms with van der Waals surface area (Å²) in [5, 5.41) is 0. The third-order valence-corrected chi connectivity index (χ3v) is 2.11. The molecule has 14 heavy (non-hydrogen) atoms. The summed E-state index contributed by atoms with van der Waals surface area (Å²) in [5.41, 5.74) is 2.33. The highest BCUT2D eigenvalue weighted by atomic mass is 16.1. The van der Waals surface area contributed by atoms with Crippen LogP contribution in [0.4, 0.5) is 0 Å². The maximum absolute atomic E-state index is 11.4. The molecule has 2 heteroatoms. The zero-order valence-corrected chi connectivity index (χ0v) is 10.1. The van der Waals surface area contributed by atoms with Gasteiger partial charge in [-0.25, -0.2) is 0 Å². The maximum Gasteiger partial charge on any atom is 0.251 e. The van der Waals surface area contributed by atoms with Crippen molar-refractivity contribution >= 4 is 0 Å². The van der Waals surface area contributed by atoms with Crippen molar-refractivity contribution in [1.29, 1.82) is 0 Å². The lowest BCUT2D eigenvalue weighted by atomic mass is 10.2. The minimum absolute atomic E-state index is 0.0908. The number of nitrogens with zero attached hydrogens (tertiary/aromatic N) is 1. The Labute approximate surface area is 86.6 Å². The van der Waals surface area contributed by atoms with Crippen molar-refractivity contribution in [2.45, 2.75) is 47.6 Å². The summed E-state index contributed by atoms with van der Waals surface area (Å²) in [4.78, 5) is 11.4. The Balaban J connectivity index is 0.000000791. The monoisotopic (exact) mass is 195 g/mol. The van der Waals surface area contributed by atoms with Crippen LogP contribution < -0.4 is 5.56 Å². The van der Waals surface area contributed by atoms with Crippen molar-refractivity contribution in [2.24, 2.45) is 0 Å². The Morgan fingerprint density at radius 3 is 2.07 bits per heavy atom. The second-order valence-corrected chi connectivity index (χ2v) is 3.48. The van der Waals surface area contributed by atoms with Gasteiger partial charge < -0.3 is 4.57 Å². The largest absolute Gasteiger partial charge is 0.313 e. The van der Waals surface area contributed by atoms with Crippen molar-refractivity contribution < 1.29 is 0 Å². The van der Waals surface area contributed by atoms with Crippen LogP contribution in [0.15, 0.2) is 17.1 Å². The van der Waals surface area contributed by atoms with E-state index in [2.05, 4.69) is 0 Å². The predicted octanol–water partition coefficient (Wildman–Crippen LogP) is 3.07. The van der Waals surface area contributed by atoms with Crippen LogP contribution in [0.2, 0.25) is 0 Å². The normalized spacial score (nSPS) is 9.64. The van der Waals surface area contributed by atoms with Gasteiger partial charge in [-0.05, 0) is 38.8 Å². The van der Waals surface area contributed by atoms with Crippen LogP contribution >= 0.6 is 0 Å². The number of aromatic nitrogens is 1. The molecule has 0 saturated carbocycles. The molecule has 0 N–H and O–H groups in total. The van der Waals surface area contributed by atoms with Gasteiger partial charge in [0.2, 0.25) is 0 Å². The molecule has 1 rings (SSSR count). The standard InChI is InChI=1S/C10H15NO.C2H6/c1-7(2)11-6-9(4)8(3)5-10(11)12;1-2/h5-7H,1-4H3;1-2H3. The number of hydrogen-bond donors (Lipinski definition) is 0. The topological polar surface area (TPSA) is 22.0 Å². The van der Waals surface area contributed by atoms with E-state index in [0.29, 0.717) is 0 Å². The molecule has 0 fully saturated rings. The van der Waals surface area contributed by atoms with Crippen LogP contribution in [0.1, 0.15) is 44.9 Å². The van der Waals surface area contributed by atoms with Gasteiger partial charge in [-0.15, -0.1) is 0 Å². The molecule has 0 aliphatic heterocycles. The Bertz CT molecular complexity index is 337. The van der Waals surface area contributed by atoms with Gasteiger partial charge in [0.15, 0.2) is 0 Å². The molecule has 80 valence electrons. The first-order valence-electron chi connectivity index (χ1n) is 5.21. The molecule has 1 heterocycles. The number of pyridine rings is 1. The van der Waals surface area contributed by atoms with Gasteiger partial charge in [-0.1, -0.05) is 13.8 Å². The molecule has 2 nitrogen and oxygen atoms in total. The lowest BCUT2D eigenvalue weighted by Gasteiger charge is -2.11. The summed E-state index contributed by atoms with van der Waals surface area (Å²) in [6, 6.07) is 1.94. The van der Waals surface area contributed by atoms with Gasteiger partial charge in [-0.3, -0.25) is 4.79 Å². The molecule has 0 aromatic carbocycles. The number of aryl methyl sites for hydroxylation is 2. The summed E-state index contributed by atoms with van der Waals surface area (Å²) >= 11 is 0. The summed E-state index contributed by atoms with van der Waals surface area (Å²) in [5.74, 6) is 0. The second-order valence-electron chi connectivity index (χ2n) is 3.48. The van der Waals surface area contributed by atoms with E-state index in [1.54, 1.807) is 10.6 Å². The molecule has 0 spiro atoms. The van der Waals surface area contributed by atoms with Crippen LogP contribution in [0.3, 0.4) is 0 Å². The van der Waals surface area contributed by atoms with Crippen LogP contribution in [-0.4, -0.2) is 4.57 Å². The SMILES string of the molecule is CC.Cc1cc(=O)n(C(C)C)cc1C. The second kappa shape index (κ2) is 5.63. The molecular formula is C12H21NO. The van der Waals surface area contributed by atoms with Gasteiger partial charge in [0.25, 0.3) is 5.56 Å². The van der Waals surface area contributed by atoms with Crippen LogP contribution in [0.5, 0.6) is 0 Å². The van der Waals surface area contributed by atoms with Gasteiger partial charge in [0.05, 0.1) is 0 Å². The Morgan fingerprint density at radius 1 is 1.14 bits per heavy atom. The van der Waals surface area contributed by atoms with Crippen molar-refractivity contribution in [1.82, 2.24) is 4.57 Å². The fourth-order valence-electron chi connectivity index (χ4n) is 1.15. The molecule has 0 saturated heterocycles. The molecule has 0 aliphatic rings. The van der Waals surface area contributed by atoms with E-state index in [1.807, 2.05) is 47.7 Å². The first-order chi connectivity index (χ1) is 6.52. The highest BCUT2D eigenvalue weighted by Gasteiger charge is 2.02. The minimum Gasteiger partial charge on any atom is -0.313 e. The van der Waals surface area contributed by atoms with Crippen LogP contribution in [0, 0.1) is 13.8 Å². The summed E-state index contributed by atoms with van der Waals surface area (Å²) in [6.07, 6.45) is 1.92. The van der Waals surface area contributed by atoms with Gasteiger partial charge in [0, 0.05) is 18.3 Å². The van der Waals surface area contributed by atoms with E-state index in [9.17, 15) is 4.79 Å². The molecule has 0 aliphatic carbocycles. The highest BCUT2D eigenvalue weighted by molar-refractivity contribution is 5.20. The third kappa shape index (κ3) is 3.02. The summed E-state index contributed by atoms with van der Waals surface area (Å²) in [7, 11) is 0. The van der Waals surface area contributed by atoms with E-state index in [4.69, 9.17) is 0 Å². The van der Waals surface area contributed by atoms with Crippen molar-refractivity contribution in [3.63, 3.8) is 0 Å². The Kier molecular flexibility index (Phi) is 5.21. The van der Waals surface area contributed by atoms with Gasteiger partial charge in [-0.2, -0.15) is 0 Å². The molecule has 0 atom stereocenters. The lowest BCUT2D eigenvalue weighted by molar-refractivity contribution is 0.575. The number of rotatable bonds is 1. The fraction of sp³-hybridized carbons (Fsp3) is 0.583. The van der Waals surface area contributed by atoms with Crippen LogP contribution in [0.25, 0.3) is 0 Å². The van der Waals surface area contributed by atoms with Crippen molar-refractivity contribution in [2.75, 3.05) is 0 Å². The van der Waals surface area contributed by atoms with E-state index < -0.39 is 0 Å². The lowest BCUT2D eigenvalue weighted by Crippen LogP contribution is -2.21. The molecule has 0 amide bonds. The van der Waals surface area contributed by atoms with E-state index >= 15 is 0 Å². The summed E-state index contributed by atoms with van der Waals surface area (Å²) in [6.45, 7) is 12.0. The number of hydrogen-bond acceptors (Lipinski definition) is 1. The first-order valence-corrected chi connectivity index (χ1v) is 5.21. The van der Waals surface area contributed by atoms with Crippen LogP contribution in [-0.2, 0) is 0 Å². The zero-order chi connectivity index (χ0) is 11.3. The molecule has 0 radical (unpaired) electrons. The van der Waals surface area contributed by atoms with E-state index in [0.717, 1.165) is 5.56 Å². The van der Waals surface area contributed by atoms with E-state index in [1.165, 1.54) is 5.56 Å². The average molecular weight is 195 g/mol. The maximum atomic E-state index is 11.4. The van der Waals surface area contributed by atoms with E-state index in [-0.39, 0.29) is 11.6 Å². The molecule has 0 unspecified atom stereocenters. The quantitative estimate of drug-likeness (QED) is 0.675. The first kappa shape index (κ1) is 12.9. The predicted molar refractivity (Wildman–Crippen MR) is 61.9 cm³/mol. The van der Waals surface area contributed by atoms with Gasteiger partial charge >= 0.3 is 0 Å². The average Bonchev–Trinajstić information content (AvgIpc) is 2.14. The Hall–Kier alpha value is -1.05. The molecular weight excluding hydrogens is 174 g/mol. The third-order valence-electron chi connectivity index (χ3n) is 2.11. The molecule has 1 aromatic heterocycles. The van der Waals surface area contributed by atoms with Crippen molar-refractivity contribution in [3.8, 4) is 0 Å². The van der Waals surface area contributed by atoms with Crippen molar-refractivity contribution in [3.05, 3.63) is 33.7 Å². The highest BCUT2D eigenvalue weighted by Crippen LogP contribution is 2.05. The zero-order valence-electron chi connectivity index (χ0n) is 10.1. The smallest absolute Gasteiger partial charge is 0.251 e. The fourth-order valence-corrected chi connectivity index (χ4v) is 1.15. The molecule has 1 aromatic rings. The Morgan fingerprint density at radius 2 is 1.64 bits per heavy atom.